The molecule has 3 aromatic rings. The second-order valence-corrected chi connectivity index (χ2v) is 8.96. The van der Waals surface area contributed by atoms with Crippen LogP contribution in [0.15, 0.2) is 54.6 Å². The molecular formula is C28H30F6N2O3. The molecule has 0 saturated heterocycles. The van der Waals surface area contributed by atoms with Crippen molar-refractivity contribution in [2.75, 3.05) is 20.0 Å². The first kappa shape index (κ1) is 31.5. The maximum atomic E-state index is 13.6. The highest BCUT2D eigenvalue weighted by atomic mass is 19.4. The summed E-state index contributed by atoms with van der Waals surface area (Å²) >= 11 is 0. The van der Waals surface area contributed by atoms with Crippen LogP contribution in [-0.2, 0) is 30.2 Å². The fraction of sp³-hybridized carbons (Fsp3) is 0.321. The van der Waals surface area contributed by atoms with Crippen LogP contribution in [0.25, 0.3) is 11.1 Å². The van der Waals surface area contributed by atoms with Gasteiger partial charge in [0.2, 0.25) is 6.41 Å². The summed E-state index contributed by atoms with van der Waals surface area (Å²) in [4.78, 5) is 13.0. The Labute approximate surface area is 222 Å². The number of halogens is 6. The Bertz CT molecular complexity index is 1270. The van der Waals surface area contributed by atoms with Crippen LogP contribution in [0.4, 0.5) is 32.0 Å². The highest BCUT2D eigenvalue weighted by Gasteiger charge is 2.32. The van der Waals surface area contributed by atoms with Gasteiger partial charge in [-0.2, -0.15) is 26.3 Å². The molecule has 0 spiro atoms. The molecule has 0 bridgehead atoms. The molecule has 0 unspecified atom stereocenters. The number of rotatable bonds is 8. The third-order valence-corrected chi connectivity index (χ3v) is 5.86. The lowest BCUT2D eigenvalue weighted by atomic mass is 9.92. The molecule has 0 aliphatic rings. The highest BCUT2D eigenvalue weighted by molar-refractivity contribution is 5.75. The normalized spacial score (nSPS) is 11.6. The zero-order valence-corrected chi connectivity index (χ0v) is 21.8. The molecule has 3 N–H and O–H groups in total. The number of anilines is 1. The molecule has 39 heavy (non-hydrogen) atoms. The molecule has 0 atom stereocenters. The number of nitrogens with two attached hydrogens (primary N) is 1. The first-order chi connectivity index (χ1) is 18.2. The zero-order valence-electron chi connectivity index (χ0n) is 21.8. The third kappa shape index (κ3) is 8.13. The Balaban J connectivity index is 0.00000260. The number of carbonyl (C=O) groups is 1. The molecule has 0 aliphatic carbocycles. The Kier molecular flexibility index (Phi) is 10.4. The molecule has 3 aromatic carbocycles. The van der Waals surface area contributed by atoms with E-state index in [0.29, 0.717) is 23.3 Å². The molecule has 0 radical (unpaired) electrons. The number of methoxy groups -OCH3 is 1. The van der Waals surface area contributed by atoms with Gasteiger partial charge in [-0.05, 0) is 70.6 Å². The molecule has 0 aromatic heterocycles. The SMILES string of the molecule is CO.COc1ccc(C(C)C)cc1-c1ccc(C(F)(F)F)cc1CN(C=O)Cc1cc(N)cc(C(F)(F)F)c1. The lowest BCUT2D eigenvalue weighted by Gasteiger charge is -2.23. The molecule has 0 aliphatic heterocycles. The second-order valence-electron chi connectivity index (χ2n) is 8.96. The first-order valence-corrected chi connectivity index (χ1v) is 11.7. The summed E-state index contributed by atoms with van der Waals surface area (Å²) in [6, 6.07) is 11.5. The van der Waals surface area contributed by atoms with Crippen LogP contribution in [0.2, 0.25) is 0 Å². The molecular weight excluding hydrogens is 526 g/mol. The van der Waals surface area contributed by atoms with Crippen molar-refractivity contribution in [2.45, 2.75) is 45.2 Å². The minimum Gasteiger partial charge on any atom is -0.496 e. The van der Waals surface area contributed by atoms with E-state index < -0.39 is 23.5 Å². The predicted octanol–water partition coefficient (Wildman–Crippen LogP) is 6.87. The van der Waals surface area contributed by atoms with E-state index in [1.54, 1.807) is 6.07 Å². The van der Waals surface area contributed by atoms with Crippen LogP contribution in [-0.4, -0.2) is 30.6 Å². The largest absolute Gasteiger partial charge is 0.496 e. The maximum absolute atomic E-state index is 13.6. The standard InChI is InChI=1S/C27H26F6N2O2.CH4O/c1-16(2)18-4-7-25(37-3)24(11-18)23-6-5-20(26(28,29)30)10-19(23)14-35(15-36)13-17-8-21(27(31,32)33)12-22(34)9-17;1-2/h4-12,15-16H,13-14,34H2,1-3H3;2H,1H3. The van der Waals surface area contributed by atoms with Crippen molar-refractivity contribution in [2.24, 2.45) is 0 Å². The average Bonchev–Trinajstić information content (AvgIpc) is 2.87. The predicted molar refractivity (Wildman–Crippen MR) is 137 cm³/mol. The molecule has 3 rings (SSSR count). The van der Waals surface area contributed by atoms with E-state index in [4.69, 9.17) is 15.6 Å². The highest BCUT2D eigenvalue weighted by Crippen LogP contribution is 2.39. The summed E-state index contributed by atoms with van der Waals surface area (Å²) in [5, 5.41) is 7.00. The number of alkyl halides is 6. The minimum atomic E-state index is -4.65. The van der Waals surface area contributed by atoms with Crippen molar-refractivity contribution in [1.82, 2.24) is 4.90 Å². The van der Waals surface area contributed by atoms with E-state index in [1.165, 1.54) is 19.2 Å². The van der Waals surface area contributed by atoms with Crippen molar-refractivity contribution in [1.29, 1.82) is 0 Å². The van der Waals surface area contributed by atoms with E-state index in [-0.39, 0.29) is 35.8 Å². The quantitative estimate of drug-likeness (QED) is 0.180. The van der Waals surface area contributed by atoms with Gasteiger partial charge < -0.3 is 20.5 Å². The van der Waals surface area contributed by atoms with Gasteiger partial charge in [0.1, 0.15) is 5.75 Å². The monoisotopic (exact) mass is 556 g/mol. The lowest BCUT2D eigenvalue weighted by molar-refractivity contribution is -0.138. The summed E-state index contributed by atoms with van der Waals surface area (Å²) in [5.74, 6) is 0.550. The maximum Gasteiger partial charge on any atom is 0.416 e. The average molecular weight is 557 g/mol. The van der Waals surface area contributed by atoms with Crippen molar-refractivity contribution in [3.05, 3.63) is 82.4 Å². The number of aliphatic hydroxyl groups excluding tert-OH is 1. The first-order valence-electron chi connectivity index (χ1n) is 11.7. The van der Waals surface area contributed by atoms with Gasteiger partial charge in [-0.1, -0.05) is 26.0 Å². The van der Waals surface area contributed by atoms with Crippen LogP contribution in [0.1, 0.15) is 47.6 Å². The Morgan fingerprint density at radius 1 is 0.872 bits per heavy atom. The van der Waals surface area contributed by atoms with E-state index >= 15 is 0 Å². The van der Waals surface area contributed by atoms with Gasteiger partial charge in [0.05, 0.1) is 18.2 Å². The number of carbonyl (C=O) groups excluding carboxylic acids is 1. The Hall–Kier alpha value is -3.73. The van der Waals surface area contributed by atoms with Gasteiger partial charge in [-0.25, -0.2) is 0 Å². The molecule has 5 nitrogen and oxygen atoms in total. The summed E-state index contributed by atoms with van der Waals surface area (Å²) in [6.45, 7) is 3.34. The number of nitrogen functional groups attached to an aromatic ring is 1. The number of nitrogens with zero attached hydrogens (tertiary/aromatic N) is 1. The van der Waals surface area contributed by atoms with E-state index in [0.717, 1.165) is 41.8 Å². The van der Waals surface area contributed by atoms with Gasteiger partial charge in [0.15, 0.2) is 0 Å². The molecule has 0 fully saturated rings. The zero-order chi connectivity index (χ0) is 29.5. The molecule has 1 amide bonds. The van der Waals surface area contributed by atoms with Crippen molar-refractivity contribution in [3.63, 3.8) is 0 Å². The van der Waals surface area contributed by atoms with Gasteiger partial charge in [-0.15, -0.1) is 0 Å². The van der Waals surface area contributed by atoms with E-state index in [1.807, 2.05) is 26.0 Å². The topological polar surface area (TPSA) is 75.8 Å². The van der Waals surface area contributed by atoms with Crippen molar-refractivity contribution in [3.8, 4) is 16.9 Å². The lowest BCUT2D eigenvalue weighted by Crippen LogP contribution is -2.22. The van der Waals surface area contributed by atoms with Crippen LogP contribution in [0.5, 0.6) is 5.75 Å². The summed E-state index contributed by atoms with van der Waals surface area (Å²) in [5.41, 5.74) is 5.68. The summed E-state index contributed by atoms with van der Waals surface area (Å²) in [6.07, 6.45) is -8.91. The molecule has 11 heteroatoms. The van der Waals surface area contributed by atoms with Crippen molar-refractivity contribution >= 4 is 12.1 Å². The van der Waals surface area contributed by atoms with Crippen LogP contribution in [0.3, 0.4) is 0 Å². The smallest absolute Gasteiger partial charge is 0.416 e. The fourth-order valence-corrected chi connectivity index (χ4v) is 4.02. The van der Waals surface area contributed by atoms with Crippen LogP contribution in [0, 0.1) is 0 Å². The minimum absolute atomic E-state index is 0.0901. The number of aliphatic hydroxyl groups is 1. The fourth-order valence-electron chi connectivity index (χ4n) is 4.02. The van der Waals surface area contributed by atoms with Crippen molar-refractivity contribution < 1.29 is 41.0 Å². The number of ether oxygens (including phenoxy) is 1. The Morgan fingerprint density at radius 3 is 2.05 bits per heavy atom. The van der Waals surface area contributed by atoms with Crippen LogP contribution >= 0.6 is 0 Å². The van der Waals surface area contributed by atoms with Gasteiger partial charge in [0.25, 0.3) is 0 Å². The second kappa shape index (κ2) is 12.9. The Morgan fingerprint density at radius 2 is 1.51 bits per heavy atom. The number of hydrogen-bond acceptors (Lipinski definition) is 4. The number of amides is 1. The van der Waals surface area contributed by atoms with E-state index in [9.17, 15) is 31.1 Å². The molecule has 212 valence electrons. The number of benzene rings is 3. The summed E-state index contributed by atoms with van der Waals surface area (Å²) in [7, 11) is 2.44. The number of hydrogen-bond donors (Lipinski definition) is 2. The van der Waals surface area contributed by atoms with Crippen LogP contribution < -0.4 is 10.5 Å². The van der Waals surface area contributed by atoms with Gasteiger partial charge in [0, 0.05) is 31.5 Å². The van der Waals surface area contributed by atoms with Gasteiger partial charge >= 0.3 is 12.4 Å². The molecule has 0 saturated carbocycles. The third-order valence-electron chi connectivity index (χ3n) is 5.86. The summed E-state index contributed by atoms with van der Waals surface area (Å²) < 4.78 is 85.8. The van der Waals surface area contributed by atoms with E-state index in [2.05, 4.69) is 0 Å². The van der Waals surface area contributed by atoms with Gasteiger partial charge in [-0.3, -0.25) is 4.79 Å². The molecule has 0 heterocycles.